The summed E-state index contributed by atoms with van der Waals surface area (Å²) in [6.45, 7) is 3.91. The monoisotopic (exact) mass is 278 g/mol. The molecule has 0 N–H and O–H groups in total. The van der Waals surface area contributed by atoms with E-state index in [1.807, 2.05) is 0 Å². The van der Waals surface area contributed by atoms with Gasteiger partial charge >= 0.3 is 5.97 Å². The van der Waals surface area contributed by atoms with Gasteiger partial charge in [0.25, 0.3) is 0 Å². The van der Waals surface area contributed by atoms with Crippen LogP contribution < -0.4 is 0 Å². The average Bonchev–Trinajstić information content (AvgIpc) is 2.48. The van der Waals surface area contributed by atoms with Crippen LogP contribution in [0.5, 0.6) is 0 Å². The van der Waals surface area contributed by atoms with Crippen molar-refractivity contribution >= 4 is 5.97 Å². The second kappa shape index (κ2) is 5.35. The number of esters is 1. The lowest BCUT2D eigenvalue weighted by Crippen LogP contribution is -2.51. The highest BCUT2D eigenvalue weighted by atomic mass is 16.6. The minimum Gasteiger partial charge on any atom is -0.459 e. The highest BCUT2D eigenvalue weighted by Gasteiger charge is 2.53. The van der Waals surface area contributed by atoms with Crippen LogP contribution in [0.1, 0.15) is 84.5 Å². The molecule has 0 unspecified atom stereocenters. The van der Waals surface area contributed by atoms with Crippen molar-refractivity contribution in [2.24, 2.45) is 17.3 Å². The summed E-state index contributed by atoms with van der Waals surface area (Å²) in [5.74, 6) is 1.87. The fourth-order valence-electron chi connectivity index (χ4n) is 5.43. The highest BCUT2D eigenvalue weighted by molar-refractivity contribution is 5.66. The molecule has 2 heteroatoms. The Morgan fingerprint density at radius 3 is 2.00 bits per heavy atom. The van der Waals surface area contributed by atoms with Crippen molar-refractivity contribution in [3.63, 3.8) is 0 Å². The summed E-state index contributed by atoms with van der Waals surface area (Å²) in [7, 11) is 0. The van der Waals surface area contributed by atoms with E-state index >= 15 is 0 Å². The SMILES string of the molecule is CCC1CCC(C23CCC(OC(C)=O)(CC2)CC3)CC1. The molecule has 0 aromatic rings. The summed E-state index contributed by atoms with van der Waals surface area (Å²) >= 11 is 0. The Kier molecular flexibility index (Phi) is 3.85. The maximum Gasteiger partial charge on any atom is 0.303 e. The molecule has 0 aliphatic heterocycles. The molecule has 4 rings (SSSR count). The third-order valence-corrected chi connectivity index (χ3v) is 6.89. The highest BCUT2D eigenvalue weighted by Crippen LogP contribution is 2.60. The summed E-state index contributed by atoms with van der Waals surface area (Å²) in [5, 5.41) is 0. The van der Waals surface area contributed by atoms with Crippen molar-refractivity contribution in [2.45, 2.75) is 90.1 Å². The van der Waals surface area contributed by atoms with Gasteiger partial charge in [-0.3, -0.25) is 4.79 Å². The molecule has 2 bridgehead atoms. The molecule has 0 atom stereocenters. The fraction of sp³-hybridized carbons (Fsp3) is 0.944. The van der Waals surface area contributed by atoms with Crippen molar-refractivity contribution in [3.8, 4) is 0 Å². The zero-order valence-electron chi connectivity index (χ0n) is 13.2. The van der Waals surface area contributed by atoms with Crippen LogP contribution in [0.25, 0.3) is 0 Å². The molecule has 4 aliphatic rings. The topological polar surface area (TPSA) is 26.3 Å². The second-order valence-electron chi connectivity index (χ2n) is 7.76. The maximum absolute atomic E-state index is 11.3. The molecular weight excluding hydrogens is 248 g/mol. The maximum atomic E-state index is 11.3. The number of fused-ring (bicyclic) bond motifs is 3. The Hall–Kier alpha value is -0.530. The van der Waals surface area contributed by atoms with Crippen LogP contribution in [-0.2, 0) is 9.53 Å². The molecule has 2 nitrogen and oxygen atoms in total. The zero-order chi connectivity index (χ0) is 14.2. The van der Waals surface area contributed by atoms with E-state index in [0.717, 1.165) is 31.1 Å². The average molecular weight is 278 g/mol. The predicted octanol–water partition coefficient (Wildman–Crippen LogP) is 4.86. The van der Waals surface area contributed by atoms with Crippen molar-refractivity contribution in [2.75, 3.05) is 0 Å². The van der Waals surface area contributed by atoms with Gasteiger partial charge in [0.15, 0.2) is 0 Å². The van der Waals surface area contributed by atoms with Gasteiger partial charge in [-0.05, 0) is 68.6 Å². The molecule has 4 fully saturated rings. The van der Waals surface area contributed by atoms with Gasteiger partial charge in [-0.1, -0.05) is 26.2 Å². The Morgan fingerprint density at radius 1 is 1.00 bits per heavy atom. The first kappa shape index (κ1) is 14.4. The number of carbonyl (C=O) groups is 1. The van der Waals surface area contributed by atoms with Crippen LogP contribution in [0.2, 0.25) is 0 Å². The Bertz CT molecular complexity index is 341. The van der Waals surface area contributed by atoms with Gasteiger partial charge in [0.2, 0.25) is 0 Å². The number of rotatable bonds is 3. The van der Waals surface area contributed by atoms with Crippen LogP contribution in [0.15, 0.2) is 0 Å². The van der Waals surface area contributed by atoms with E-state index < -0.39 is 0 Å². The Morgan fingerprint density at radius 2 is 1.55 bits per heavy atom. The van der Waals surface area contributed by atoms with Gasteiger partial charge in [0, 0.05) is 6.92 Å². The molecule has 20 heavy (non-hydrogen) atoms. The second-order valence-corrected chi connectivity index (χ2v) is 7.76. The molecule has 0 amide bonds. The van der Waals surface area contributed by atoms with Gasteiger partial charge in [-0.25, -0.2) is 0 Å². The Labute approximate surface area is 123 Å². The van der Waals surface area contributed by atoms with Gasteiger partial charge in [-0.2, -0.15) is 0 Å². The molecule has 0 aromatic carbocycles. The van der Waals surface area contributed by atoms with Gasteiger partial charge in [0.05, 0.1) is 0 Å². The standard InChI is InChI=1S/C18H30O2/c1-3-15-4-6-16(7-5-15)17-8-11-18(12-9-17,13-10-17)20-14(2)19/h15-16H,3-13H2,1-2H3. The lowest BCUT2D eigenvalue weighted by atomic mass is 9.51. The summed E-state index contributed by atoms with van der Waals surface area (Å²) < 4.78 is 5.69. The van der Waals surface area contributed by atoms with E-state index in [1.165, 1.54) is 51.4 Å². The zero-order valence-corrected chi connectivity index (χ0v) is 13.2. The van der Waals surface area contributed by atoms with Crippen LogP contribution in [-0.4, -0.2) is 11.6 Å². The van der Waals surface area contributed by atoms with Gasteiger partial charge < -0.3 is 4.74 Å². The van der Waals surface area contributed by atoms with Crippen LogP contribution >= 0.6 is 0 Å². The molecule has 4 saturated carbocycles. The number of hydrogen-bond acceptors (Lipinski definition) is 2. The quantitative estimate of drug-likeness (QED) is 0.689. The first-order valence-electron chi connectivity index (χ1n) is 8.77. The molecule has 0 heterocycles. The summed E-state index contributed by atoms with van der Waals surface area (Å²) in [6.07, 6.45) is 14.5. The van der Waals surface area contributed by atoms with E-state index in [1.54, 1.807) is 6.92 Å². The molecular formula is C18H30O2. The van der Waals surface area contributed by atoms with E-state index in [-0.39, 0.29) is 11.6 Å². The third kappa shape index (κ3) is 2.51. The molecule has 4 aliphatic carbocycles. The predicted molar refractivity (Wildman–Crippen MR) is 80.4 cm³/mol. The first-order chi connectivity index (χ1) is 9.57. The largest absolute Gasteiger partial charge is 0.459 e. The molecule has 0 aromatic heterocycles. The van der Waals surface area contributed by atoms with Crippen molar-refractivity contribution in [1.82, 2.24) is 0 Å². The molecule has 0 radical (unpaired) electrons. The van der Waals surface area contributed by atoms with E-state index in [4.69, 9.17) is 4.74 Å². The van der Waals surface area contributed by atoms with Crippen molar-refractivity contribution in [3.05, 3.63) is 0 Å². The van der Waals surface area contributed by atoms with Crippen LogP contribution in [0.3, 0.4) is 0 Å². The molecule has 0 spiro atoms. The molecule has 0 saturated heterocycles. The number of ether oxygens (including phenoxy) is 1. The minimum atomic E-state index is -0.0807. The lowest BCUT2D eigenvalue weighted by Gasteiger charge is -2.56. The Balaban J connectivity index is 1.62. The van der Waals surface area contributed by atoms with Crippen LogP contribution in [0, 0.1) is 17.3 Å². The van der Waals surface area contributed by atoms with E-state index in [2.05, 4.69) is 6.92 Å². The fourth-order valence-corrected chi connectivity index (χ4v) is 5.43. The lowest BCUT2D eigenvalue weighted by molar-refractivity contribution is -0.179. The minimum absolute atomic E-state index is 0.0752. The normalized spacial score (nSPS) is 44.3. The first-order valence-corrected chi connectivity index (χ1v) is 8.77. The van der Waals surface area contributed by atoms with Gasteiger partial charge in [0.1, 0.15) is 5.60 Å². The third-order valence-electron chi connectivity index (χ3n) is 6.89. The number of carbonyl (C=O) groups excluding carboxylic acids is 1. The van der Waals surface area contributed by atoms with Gasteiger partial charge in [-0.15, -0.1) is 0 Å². The van der Waals surface area contributed by atoms with E-state index in [0.29, 0.717) is 5.41 Å². The van der Waals surface area contributed by atoms with Crippen LogP contribution in [0.4, 0.5) is 0 Å². The van der Waals surface area contributed by atoms with Crippen molar-refractivity contribution in [1.29, 1.82) is 0 Å². The molecule has 114 valence electrons. The van der Waals surface area contributed by atoms with Crippen molar-refractivity contribution < 1.29 is 9.53 Å². The summed E-state index contributed by atoms with van der Waals surface area (Å²) in [4.78, 5) is 11.3. The summed E-state index contributed by atoms with van der Waals surface area (Å²) in [5.41, 5.74) is 0.537. The van der Waals surface area contributed by atoms with E-state index in [9.17, 15) is 4.79 Å². The smallest absolute Gasteiger partial charge is 0.303 e. The summed E-state index contributed by atoms with van der Waals surface area (Å²) in [6, 6.07) is 0. The number of hydrogen-bond donors (Lipinski definition) is 0.